The lowest BCUT2D eigenvalue weighted by atomic mass is 10.5. The van der Waals surface area contributed by atoms with Crippen molar-refractivity contribution in [2.45, 2.75) is 19.8 Å². The van der Waals surface area contributed by atoms with Gasteiger partial charge in [-0.05, 0) is 12.8 Å². The summed E-state index contributed by atoms with van der Waals surface area (Å²) in [5.74, 6) is 0.976. The van der Waals surface area contributed by atoms with Gasteiger partial charge in [0, 0.05) is 18.9 Å². The summed E-state index contributed by atoms with van der Waals surface area (Å²) in [4.78, 5) is 16.8. The van der Waals surface area contributed by atoms with Gasteiger partial charge in [-0.25, -0.2) is 4.98 Å². The number of hydrogen-bond donors (Lipinski definition) is 1. The predicted molar refractivity (Wildman–Crippen MR) is 76.0 cm³/mol. The second-order valence-corrected chi connectivity index (χ2v) is 4.06. The van der Waals surface area contributed by atoms with Crippen LogP contribution in [0.4, 0.5) is 5.95 Å². The van der Waals surface area contributed by atoms with E-state index in [0.717, 1.165) is 19.4 Å². The van der Waals surface area contributed by atoms with E-state index in [1.165, 1.54) is 0 Å². The Morgan fingerprint density at radius 3 is 3.00 bits per heavy atom. The molecule has 2 aromatic heterocycles. The van der Waals surface area contributed by atoms with Crippen molar-refractivity contribution >= 4 is 5.95 Å². The van der Waals surface area contributed by atoms with Crippen molar-refractivity contribution in [2.24, 2.45) is 0 Å². The molecule has 0 bridgehead atoms. The highest BCUT2D eigenvalue weighted by Crippen LogP contribution is 2.11. The maximum absolute atomic E-state index is 5.50. The van der Waals surface area contributed by atoms with Gasteiger partial charge in [0.05, 0.1) is 6.61 Å². The van der Waals surface area contributed by atoms with Crippen molar-refractivity contribution in [3.63, 3.8) is 0 Å². The minimum absolute atomic E-state index is 0.296. The summed E-state index contributed by atoms with van der Waals surface area (Å²) >= 11 is 0. The van der Waals surface area contributed by atoms with E-state index in [1.54, 1.807) is 29.4 Å². The molecule has 2 aromatic rings. The van der Waals surface area contributed by atoms with Crippen molar-refractivity contribution in [1.82, 2.24) is 24.5 Å². The number of hydrogen-bond acceptors (Lipinski definition) is 6. The van der Waals surface area contributed by atoms with Crippen LogP contribution in [0.3, 0.4) is 0 Å². The Labute approximate surface area is 117 Å². The van der Waals surface area contributed by atoms with Gasteiger partial charge < -0.3 is 10.1 Å². The fraction of sp³-hybridized carbons (Fsp3) is 0.385. The molecule has 0 aliphatic heterocycles. The van der Waals surface area contributed by atoms with Crippen LogP contribution in [0.15, 0.2) is 31.4 Å². The van der Waals surface area contributed by atoms with Crippen molar-refractivity contribution < 1.29 is 4.74 Å². The lowest BCUT2D eigenvalue weighted by Crippen LogP contribution is -2.11. The number of aromatic nitrogens is 5. The number of anilines is 1. The van der Waals surface area contributed by atoms with Gasteiger partial charge in [-0.3, -0.25) is 4.57 Å². The Kier molecular flexibility index (Phi) is 5.05. The minimum atomic E-state index is 0.296. The van der Waals surface area contributed by atoms with E-state index < -0.39 is 0 Å². The molecule has 0 aromatic carbocycles. The molecule has 2 rings (SSSR count). The highest BCUT2D eigenvalue weighted by molar-refractivity contribution is 5.30. The van der Waals surface area contributed by atoms with Gasteiger partial charge in [-0.15, -0.1) is 6.58 Å². The van der Waals surface area contributed by atoms with Gasteiger partial charge in [0.2, 0.25) is 11.9 Å². The van der Waals surface area contributed by atoms with E-state index in [9.17, 15) is 0 Å². The van der Waals surface area contributed by atoms with Crippen LogP contribution >= 0.6 is 0 Å². The van der Waals surface area contributed by atoms with Gasteiger partial charge in [0.25, 0.3) is 0 Å². The first-order valence-corrected chi connectivity index (χ1v) is 6.55. The Morgan fingerprint density at radius 1 is 1.40 bits per heavy atom. The SMILES string of the molecule is C=CCCOc1nc(NCCC)nc(-n2ccnc2)n1. The van der Waals surface area contributed by atoms with Crippen molar-refractivity contribution in [1.29, 1.82) is 0 Å². The number of rotatable bonds is 8. The van der Waals surface area contributed by atoms with Crippen LogP contribution < -0.4 is 10.1 Å². The summed E-state index contributed by atoms with van der Waals surface area (Å²) in [5.41, 5.74) is 0. The van der Waals surface area contributed by atoms with Crippen molar-refractivity contribution in [3.05, 3.63) is 31.4 Å². The van der Waals surface area contributed by atoms with Crippen molar-refractivity contribution in [3.8, 4) is 12.0 Å². The summed E-state index contributed by atoms with van der Waals surface area (Å²) in [6.45, 7) is 7.01. The Balaban J connectivity index is 2.21. The van der Waals surface area contributed by atoms with Gasteiger partial charge in [-0.2, -0.15) is 15.0 Å². The molecule has 0 aliphatic carbocycles. The zero-order valence-electron chi connectivity index (χ0n) is 11.5. The monoisotopic (exact) mass is 274 g/mol. The van der Waals surface area contributed by atoms with Crippen LogP contribution in [0.25, 0.3) is 5.95 Å². The second kappa shape index (κ2) is 7.22. The molecule has 106 valence electrons. The molecular formula is C13H18N6O. The first kappa shape index (κ1) is 14.0. The van der Waals surface area contributed by atoms with Gasteiger partial charge in [0.1, 0.15) is 6.33 Å². The maximum Gasteiger partial charge on any atom is 0.323 e. The van der Waals surface area contributed by atoms with E-state index in [1.807, 2.05) is 0 Å². The molecule has 1 N–H and O–H groups in total. The smallest absolute Gasteiger partial charge is 0.323 e. The number of ether oxygens (including phenoxy) is 1. The van der Waals surface area contributed by atoms with Crippen LogP contribution in [0, 0.1) is 0 Å². The average Bonchev–Trinajstić information content (AvgIpc) is 2.99. The Morgan fingerprint density at radius 2 is 2.30 bits per heavy atom. The molecule has 0 fully saturated rings. The highest BCUT2D eigenvalue weighted by Gasteiger charge is 2.08. The molecule has 0 atom stereocenters. The Hall–Kier alpha value is -2.44. The Bertz CT molecular complexity index is 540. The first-order chi connectivity index (χ1) is 9.83. The zero-order valence-corrected chi connectivity index (χ0v) is 11.5. The predicted octanol–water partition coefficient (Wildman–Crippen LogP) is 1.83. The van der Waals surface area contributed by atoms with E-state index >= 15 is 0 Å². The molecule has 7 heteroatoms. The normalized spacial score (nSPS) is 10.2. The van der Waals surface area contributed by atoms with E-state index in [-0.39, 0.29) is 0 Å². The topological polar surface area (TPSA) is 77.8 Å². The first-order valence-electron chi connectivity index (χ1n) is 6.55. The maximum atomic E-state index is 5.50. The third-order valence-corrected chi connectivity index (χ3v) is 2.42. The van der Waals surface area contributed by atoms with Crippen molar-refractivity contribution in [2.75, 3.05) is 18.5 Å². The summed E-state index contributed by atoms with van der Waals surface area (Å²) in [5, 5.41) is 3.13. The fourth-order valence-corrected chi connectivity index (χ4v) is 1.45. The number of nitrogens with zero attached hydrogens (tertiary/aromatic N) is 5. The molecule has 2 heterocycles. The fourth-order valence-electron chi connectivity index (χ4n) is 1.45. The third-order valence-electron chi connectivity index (χ3n) is 2.42. The van der Waals surface area contributed by atoms with Gasteiger partial charge in [0.15, 0.2) is 0 Å². The average molecular weight is 274 g/mol. The molecule has 0 amide bonds. The summed E-state index contributed by atoms with van der Waals surface area (Å²) < 4.78 is 7.21. The molecule has 7 nitrogen and oxygen atoms in total. The number of nitrogens with one attached hydrogen (secondary N) is 1. The molecule has 20 heavy (non-hydrogen) atoms. The quantitative estimate of drug-likeness (QED) is 0.584. The van der Waals surface area contributed by atoms with Crippen LogP contribution in [0.5, 0.6) is 6.01 Å². The van der Waals surface area contributed by atoms with Crippen LogP contribution in [0.1, 0.15) is 19.8 Å². The molecule has 0 radical (unpaired) electrons. The lowest BCUT2D eigenvalue weighted by Gasteiger charge is -2.08. The molecule has 0 saturated carbocycles. The summed E-state index contributed by atoms with van der Waals surface area (Å²) in [6, 6.07) is 0.296. The molecule has 0 unspecified atom stereocenters. The summed E-state index contributed by atoms with van der Waals surface area (Å²) in [7, 11) is 0. The second-order valence-electron chi connectivity index (χ2n) is 4.06. The van der Waals surface area contributed by atoms with E-state index in [4.69, 9.17) is 4.74 Å². The molecule has 0 saturated heterocycles. The van der Waals surface area contributed by atoms with Gasteiger partial charge >= 0.3 is 6.01 Å². The van der Waals surface area contributed by atoms with E-state index in [2.05, 4.69) is 38.8 Å². The lowest BCUT2D eigenvalue weighted by molar-refractivity contribution is 0.298. The van der Waals surface area contributed by atoms with Crippen LogP contribution in [-0.4, -0.2) is 37.7 Å². The minimum Gasteiger partial charge on any atom is -0.463 e. The molecule has 0 spiro atoms. The standard InChI is InChI=1S/C13H18N6O/c1-3-5-9-20-13-17-11(15-6-4-2)16-12(18-13)19-8-7-14-10-19/h3,7-8,10H,1,4-6,9H2,2H3,(H,15,16,17,18). The van der Waals surface area contributed by atoms with E-state index in [0.29, 0.717) is 24.5 Å². The molecular weight excluding hydrogens is 256 g/mol. The molecule has 0 aliphatic rings. The largest absolute Gasteiger partial charge is 0.463 e. The summed E-state index contributed by atoms with van der Waals surface area (Å²) in [6.07, 6.45) is 8.58. The zero-order chi connectivity index (χ0) is 14.2. The third kappa shape index (κ3) is 3.78. The van der Waals surface area contributed by atoms with Gasteiger partial charge in [-0.1, -0.05) is 13.0 Å². The van der Waals surface area contributed by atoms with Crippen LogP contribution in [-0.2, 0) is 0 Å². The van der Waals surface area contributed by atoms with Crippen LogP contribution in [0.2, 0.25) is 0 Å². The number of imidazole rings is 1. The highest BCUT2D eigenvalue weighted by atomic mass is 16.5.